The Hall–Kier alpha value is -3.80. The molecule has 0 N–H and O–H groups in total. The molecule has 0 amide bonds. The van der Waals surface area contributed by atoms with Gasteiger partial charge < -0.3 is 18.9 Å². The van der Waals surface area contributed by atoms with Crippen molar-refractivity contribution in [3.8, 4) is 11.5 Å². The number of benzene rings is 2. The Morgan fingerprint density at radius 2 is 1.10 bits per heavy atom. The zero-order valence-corrected chi connectivity index (χ0v) is 25.0. The number of hydrogen-bond donors (Lipinski definition) is 0. The third kappa shape index (κ3) is 14.4. The summed E-state index contributed by atoms with van der Waals surface area (Å²) in [7, 11) is 0. The van der Waals surface area contributed by atoms with Gasteiger partial charge in [-0.1, -0.05) is 43.5 Å². The summed E-state index contributed by atoms with van der Waals surface area (Å²) >= 11 is 0. The molecule has 0 aliphatic carbocycles. The molecule has 0 saturated carbocycles. The number of esters is 2. The van der Waals surface area contributed by atoms with Crippen molar-refractivity contribution in [3.63, 3.8) is 0 Å². The number of hydrogen-bond acceptors (Lipinski definition) is 6. The first-order valence-electron chi connectivity index (χ1n) is 14.6. The van der Waals surface area contributed by atoms with E-state index in [-0.39, 0.29) is 11.9 Å². The van der Waals surface area contributed by atoms with E-state index in [1.807, 2.05) is 18.2 Å². The van der Waals surface area contributed by atoms with Gasteiger partial charge in [0.25, 0.3) is 0 Å². The largest absolute Gasteiger partial charge is 0.494 e. The van der Waals surface area contributed by atoms with Crippen LogP contribution >= 0.6 is 0 Å². The highest BCUT2D eigenvalue weighted by molar-refractivity contribution is 5.87. The molecule has 0 heterocycles. The first-order chi connectivity index (χ1) is 19.8. The summed E-state index contributed by atoms with van der Waals surface area (Å²) in [5.41, 5.74) is 4.21. The first kappa shape index (κ1) is 33.4. The van der Waals surface area contributed by atoms with Gasteiger partial charge in [0.2, 0.25) is 0 Å². The molecule has 41 heavy (non-hydrogen) atoms. The van der Waals surface area contributed by atoms with E-state index in [4.69, 9.17) is 18.9 Å². The molecule has 6 nitrogen and oxygen atoms in total. The lowest BCUT2D eigenvalue weighted by molar-refractivity contribution is -0.139. The van der Waals surface area contributed by atoms with Gasteiger partial charge in [-0.15, -0.1) is 0 Å². The number of unbranched alkanes of at least 4 members (excludes halogenated alkanes) is 6. The standard InChI is InChI=1S/C35H46O6/c1-27(2)34(36)40-24-12-8-6-10-22-38-32-19-16-30(17-20-32)14-15-31-18-21-33(29(5)26-31)39-23-11-7-9-13-25-41-35(37)28(3)4/h14-21,26H,1,3,6-13,22-25H2,2,4-5H3. The Morgan fingerprint density at radius 3 is 1.61 bits per heavy atom. The van der Waals surface area contributed by atoms with Gasteiger partial charge in [0.05, 0.1) is 26.4 Å². The SMILES string of the molecule is C=C(C)C(=O)OCCCCCCOc1ccc(C=Cc2ccc(OCCCCCCOC(=O)C(=C)C)c(C)c2)cc1. The molecule has 0 radical (unpaired) electrons. The lowest BCUT2D eigenvalue weighted by Gasteiger charge is -2.10. The third-order valence-electron chi connectivity index (χ3n) is 6.31. The molecule has 2 rings (SSSR count). The molecular formula is C35H46O6. The van der Waals surface area contributed by atoms with Gasteiger partial charge in [-0.3, -0.25) is 0 Å². The van der Waals surface area contributed by atoms with Gasteiger partial charge in [0.1, 0.15) is 11.5 Å². The minimum Gasteiger partial charge on any atom is -0.494 e. The zero-order chi connectivity index (χ0) is 29.9. The molecule has 2 aromatic rings. The highest BCUT2D eigenvalue weighted by Crippen LogP contribution is 2.22. The van der Waals surface area contributed by atoms with E-state index in [0.717, 1.165) is 79.6 Å². The van der Waals surface area contributed by atoms with Gasteiger partial charge in [-0.25, -0.2) is 9.59 Å². The maximum absolute atomic E-state index is 11.3. The fourth-order valence-electron chi connectivity index (χ4n) is 3.87. The summed E-state index contributed by atoms with van der Waals surface area (Å²) in [4.78, 5) is 22.7. The van der Waals surface area contributed by atoms with Crippen LogP contribution < -0.4 is 9.47 Å². The number of rotatable bonds is 20. The van der Waals surface area contributed by atoms with Crippen LogP contribution in [-0.4, -0.2) is 38.4 Å². The van der Waals surface area contributed by atoms with Crippen molar-refractivity contribution >= 4 is 24.1 Å². The summed E-state index contributed by atoms with van der Waals surface area (Å²) in [5, 5.41) is 0. The van der Waals surface area contributed by atoms with Crippen molar-refractivity contribution in [1.82, 2.24) is 0 Å². The molecule has 222 valence electrons. The molecule has 0 spiro atoms. The minimum atomic E-state index is -0.318. The number of aryl methyl sites for hydroxylation is 1. The average molecular weight is 563 g/mol. The molecule has 0 atom stereocenters. The zero-order valence-electron chi connectivity index (χ0n) is 25.0. The lowest BCUT2D eigenvalue weighted by Crippen LogP contribution is -2.06. The van der Waals surface area contributed by atoms with Crippen molar-refractivity contribution in [3.05, 3.63) is 83.5 Å². The predicted octanol–water partition coefficient (Wildman–Crippen LogP) is 8.28. The Balaban J connectivity index is 1.61. The fourth-order valence-corrected chi connectivity index (χ4v) is 3.87. The van der Waals surface area contributed by atoms with Crippen LogP contribution in [0.25, 0.3) is 12.2 Å². The van der Waals surface area contributed by atoms with Crippen LogP contribution in [0.1, 0.15) is 81.9 Å². The smallest absolute Gasteiger partial charge is 0.333 e. The van der Waals surface area contributed by atoms with E-state index in [2.05, 4.69) is 56.5 Å². The summed E-state index contributed by atoms with van der Waals surface area (Å²) in [6, 6.07) is 14.3. The molecule has 0 aromatic heterocycles. The van der Waals surface area contributed by atoms with E-state index in [1.54, 1.807) is 13.8 Å². The molecule has 2 aromatic carbocycles. The molecule has 0 fully saturated rings. The molecule has 0 saturated heterocycles. The fraction of sp³-hybridized carbons (Fsp3) is 0.429. The number of ether oxygens (including phenoxy) is 4. The topological polar surface area (TPSA) is 71.1 Å². The second-order valence-corrected chi connectivity index (χ2v) is 10.3. The second kappa shape index (κ2) is 19.3. The summed E-state index contributed by atoms with van der Waals surface area (Å²) < 4.78 is 22.0. The van der Waals surface area contributed by atoms with Crippen LogP contribution in [0.3, 0.4) is 0 Å². The van der Waals surface area contributed by atoms with E-state index in [9.17, 15) is 9.59 Å². The third-order valence-corrected chi connectivity index (χ3v) is 6.31. The summed E-state index contributed by atoms with van der Waals surface area (Å²) in [5.74, 6) is 1.13. The van der Waals surface area contributed by atoms with Crippen molar-refractivity contribution in [2.75, 3.05) is 26.4 Å². The molecule has 0 aliphatic heterocycles. The summed E-state index contributed by atoms with van der Waals surface area (Å²) in [6.07, 6.45) is 11.9. The molecule has 0 unspecified atom stereocenters. The van der Waals surface area contributed by atoms with Gasteiger partial charge in [0.15, 0.2) is 0 Å². The van der Waals surface area contributed by atoms with Crippen LogP contribution in [0, 0.1) is 6.92 Å². The average Bonchev–Trinajstić information content (AvgIpc) is 2.95. The number of carbonyl (C=O) groups is 2. The Bertz CT molecular complexity index is 1150. The van der Waals surface area contributed by atoms with Gasteiger partial charge in [-0.2, -0.15) is 0 Å². The van der Waals surface area contributed by atoms with Crippen LogP contribution in [0.4, 0.5) is 0 Å². The van der Waals surface area contributed by atoms with Crippen molar-refractivity contribution in [2.24, 2.45) is 0 Å². The Labute approximate surface area is 246 Å². The van der Waals surface area contributed by atoms with Crippen LogP contribution in [-0.2, 0) is 19.1 Å². The normalized spacial score (nSPS) is 10.8. The second-order valence-electron chi connectivity index (χ2n) is 10.3. The molecule has 0 bridgehead atoms. The highest BCUT2D eigenvalue weighted by atomic mass is 16.5. The summed E-state index contributed by atoms with van der Waals surface area (Å²) in [6.45, 7) is 14.7. The van der Waals surface area contributed by atoms with Crippen molar-refractivity contribution in [1.29, 1.82) is 0 Å². The van der Waals surface area contributed by atoms with E-state index >= 15 is 0 Å². The van der Waals surface area contributed by atoms with E-state index in [1.165, 1.54) is 0 Å². The Morgan fingerprint density at radius 1 is 0.634 bits per heavy atom. The van der Waals surface area contributed by atoms with Gasteiger partial charge in [0, 0.05) is 11.1 Å². The predicted molar refractivity (Wildman–Crippen MR) is 166 cm³/mol. The Kier molecular flexibility index (Phi) is 15.7. The maximum atomic E-state index is 11.3. The molecule has 6 heteroatoms. The van der Waals surface area contributed by atoms with E-state index in [0.29, 0.717) is 37.6 Å². The quantitative estimate of drug-likeness (QED) is 0.0700. The lowest BCUT2D eigenvalue weighted by atomic mass is 10.1. The van der Waals surface area contributed by atoms with E-state index < -0.39 is 0 Å². The molecule has 0 aliphatic rings. The van der Waals surface area contributed by atoms with Crippen molar-refractivity contribution < 1.29 is 28.5 Å². The van der Waals surface area contributed by atoms with Crippen molar-refractivity contribution in [2.45, 2.75) is 72.1 Å². The molecular weight excluding hydrogens is 516 g/mol. The first-order valence-corrected chi connectivity index (χ1v) is 14.6. The van der Waals surface area contributed by atoms with Gasteiger partial charge in [-0.05, 0) is 113 Å². The van der Waals surface area contributed by atoms with Crippen LogP contribution in [0.15, 0.2) is 66.8 Å². The number of carbonyl (C=O) groups excluding carboxylic acids is 2. The van der Waals surface area contributed by atoms with Crippen LogP contribution in [0.5, 0.6) is 11.5 Å². The minimum absolute atomic E-state index is 0.317. The van der Waals surface area contributed by atoms with Crippen LogP contribution in [0.2, 0.25) is 0 Å². The monoisotopic (exact) mass is 562 g/mol. The van der Waals surface area contributed by atoms with Gasteiger partial charge >= 0.3 is 11.9 Å². The maximum Gasteiger partial charge on any atom is 0.333 e. The highest BCUT2D eigenvalue weighted by Gasteiger charge is 2.04.